The molecule has 1 atom stereocenters. The second-order valence-corrected chi connectivity index (χ2v) is 6.84. The van der Waals surface area contributed by atoms with Gasteiger partial charge in [0.2, 0.25) is 0 Å². The predicted molar refractivity (Wildman–Crippen MR) is 90.0 cm³/mol. The van der Waals surface area contributed by atoms with Gasteiger partial charge in [-0.15, -0.1) is 0 Å². The molecule has 3 rings (SSSR count). The normalized spacial score (nSPS) is 18.4. The third-order valence-corrected chi connectivity index (χ3v) is 4.45. The van der Waals surface area contributed by atoms with Crippen molar-refractivity contribution >= 4 is 6.09 Å². The molecular weight excluding hydrogens is 328 g/mol. The highest BCUT2D eigenvalue weighted by atomic mass is 19.3. The zero-order valence-electron chi connectivity index (χ0n) is 13.9. The first-order valence-corrected chi connectivity index (χ1v) is 7.92. The van der Waals surface area contributed by atoms with Crippen LogP contribution in [0.2, 0.25) is 0 Å². The molecule has 0 radical (unpaired) electrons. The molecule has 2 aromatic rings. The number of alkyl halides is 2. The standard InChI is InChI=1S/C19H19F2NO3/c1-19(2)10-25-15-9-12(6-7-14(15)16(19)22-18(23)24)11-4-3-5-13(8-11)17(20)21/h3-9,16-17,22H,10H2,1-2H3,(H,23,24). The molecule has 1 amide bonds. The molecule has 0 bridgehead atoms. The molecule has 1 heterocycles. The summed E-state index contributed by atoms with van der Waals surface area (Å²) in [7, 11) is 0. The lowest BCUT2D eigenvalue weighted by atomic mass is 9.78. The Hall–Kier alpha value is -2.63. The van der Waals surface area contributed by atoms with Gasteiger partial charge in [0.15, 0.2) is 0 Å². The van der Waals surface area contributed by atoms with E-state index in [1.165, 1.54) is 12.1 Å². The zero-order valence-corrected chi connectivity index (χ0v) is 13.9. The van der Waals surface area contributed by atoms with Crippen LogP contribution in [0.5, 0.6) is 5.75 Å². The first-order valence-electron chi connectivity index (χ1n) is 7.92. The fourth-order valence-corrected chi connectivity index (χ4v) is 3.10. The topological polar surface area (TPSA) is 58.6 Å². The Morgan fingerprint density at radius 2 is 1.96 bits per heavy atom. The Balaban J connectivity index is 2.00. The molecule has 2 N–H and O–H groups in total. The van der Waals surface area contributed by atoms with Crippen LogP contribution in [-0.4, -0.2) is 17.8 Å². The van der Waals surface area contributed by atoms with Crippen LogP contribution in [0.1, 0.15) is 37.4 Å². The Morgan fingerprint density at radius 1 is 1.24 bits per heavy atom. The van der Waals surface area contributed by atoms with Crippen molar-refractivity contribution in [2.24, 2.45) is 5.41 Å². The number of ether oxygens (including phenoxy) is 1. The van der Waals surface area contributed by atoms with Gasteiger partial charge in [0, 0.05) is 16.5 Å². The van der Waals surface area contributed by atoms with E-state index in [4.69, 9.17) is 9.84 Å². The van der Waals surface area contributed by atoms with Crippen molar-refractivity contribution in [1.29, 1.82) is 0 Å². The molecule has 4 nitrogen and oxygen atoms in total. The van der Waals surface area contributed by atoms with Crippen molar-refractivity contribution < 1.29 is 23.4 Å². The second kappa shape index (κ2) is 6.35. The van der Waals surface area contributed by atoms with Crippen molar-refractivity contribution in [3.8, 4) is 16.9 Å². The van der Waals surface area contributed by atoms with Gasteiger partial charge in [-0.25, -0.2) is 13.6 Å². The van der Waals surface area contributed by atoms with Crippen LogP contribution in [-0.2, 0) is 0 Å². The number of hydrogen-bond donors (Lipinski definition) is 2. The summed E-state index contributed by atoms with van der Waals surface area (Å²) in [5.41, 5.74) is 1.71. The molecule has 1 aliphatic rings. The van der Waals surface area contributed by atoms with E-state index in [-0.39, 0.29) is 5.56 Å². The number of fused-ring (bicyclic) bond motifs is 1. The van der Waals surface area contributed by atoms with Crippen LogP contribution in [0.25, 0.3) is 11.1 Å². The highest BCUT2D eigenvalue weighted by Gasteiger charge is 2.38. The van der Waals surface area contributed by atoms with Crippen LogP contribution >= 0.6 is 0 Å². The van der Waals surface area contributed by atoms with Gasteiger partial charge in [-0.05, 0) is 23.3 Å². The van der Waals surface area contributed by atoms with Gasteiger partial charge in [-0.1, -0.05) is 44.2 Å². The van der Waals surface area contributed by atoms with Crippen LogP contribution in [0, 0.1) is 5.41 Å². The SMILES string of the molecule is CC1(C)COc2cc(-c3cccc(C(F)F)c3)ccc2C1NC(=O)O. The Labute approximate surface area is 144 Å². The van der Waals surface area contributed by atoms with Gasteiger partial charge in [-0.2, -0.15) is 0 Å². The van der Waals surface area contributed by atoms with Gasteiger partial charge in [0.05, 0.1) is 12.6 Å². The number of rotatable bonds is 3. The van der Waals surface area contributed by atoms with Gasteiger partial charge >= 0.3 is 6.09 Å². The van der Waals surface area contributed by atoms with Gasteiger partial charge in [0.25, 0.3) is 6.43 Å². The first kappa shape index (κ1) is 17.2. The zero-order chi connectivity index (χ0) is 18.2. The third kappa shape index (κ3) is 3.43. The third-order valence-electron chi connectivity index (χ3n) is 4.45. The van der Waals surface area contributed by atoms with Crippen molar-refractivity contribution in [3.63, 3.8) is 0 Å². The maximum atomic E-state index is 12.9. The van der Waals surface area contributed by atoms with Crippen molar-refractivity contribution in [2.75, 3.05) is 6.61 Å². The minimum atomic E-state index is -2.53. The average molecular weight is 347 g/mol. The molecule has 1 unspecified atom stereocenters. The van der Waals surface area contributed by atoms with E-state index in [0.717, 1.165) is 11.1 Å². The number of halogens is 2. The fraction of sp³-hybridized carbons (Fsp3) is 0.316. The van der Waals surface area contributed by atoms with Gasteiger partial charge in [0.1, 0.15) is 5.75 Å². The highest BCUT2D eigenvalue weighted by molar-refractivity contribution is 5.69. The number of nitrogens with one attached hydrogen (secondary N) is 1. The van der Waals surface area contributed by atoms with Crippen molar-refractivity contribution in [3.05, 3.63) is 53.6 Å². The maximum absolute atomic E-state index is 12.9. The largest absolute Gasteiger partial charge is 0.493 e. The average Bonchev–Trinajstić information content (AvgIpc) is 2.57. The molecule has 0 spiro atoms. The molecule has 0 aliphatic carbocycles. The summed E-state index contributed by atoms with van der Waals surface area (Å²) in [4.78, 5) is 11.1. The monoisotopic (exact) mass is 347 g/mol. The quantitative estimate of drug-likeness (QED) is 0.820. The second-order valence-electron chi connectivity index (χ2n) is 6.84. The Morgan fingerprint density at radius 3 is 2.64 bits per heavy atom. The number of carboxylic acid groups (broad SMARTS) is 1. The minimum Gasteiger partial charge on any atom is -0.493 e. The molecule has 0 saturated carbocycles. The van der Waals surface area contributed by atoms with Gasteiger partial charge < -0.3 is 15.2 Å². The van der Waals surface area contributed by atoms with Crippen LogP contribution in [0.4, 0.5) is 13.6 Å². The number of benzene rings is 2. The summed E-state index contributed by atoms with van der Waals surface area (Å²) in [6.07, 6.45) is -3.63. The molecule has 0 aromatic heterocycles. The van der Waals surface area contributed by atoms with E-state index in [0.29, 0.717) is 17.9 Å². The minimum absolute atomic E-state index is 0.0392. The van der Waals surface area contributed by atoms with E-state index in [1.54, 1.807) is 30.3 Å². The molecular formula is C19H19F2NO3. The van der Waals surface area contributed by atoms with Crippen molar-refractivity contribution in [1.82, 2.24) is 5.32 Å². The summed E-state index contributed by atoms with van der Waals surface area (Å²) >= 11 is 0. The van der Waals surface area contributed by atoms with E-state index in [1.807, 2.05) is 13.8 Å². The van der Waals surface area contributed by atoms with E-state index < -0.39 is 24.0 Å². The van der Waals surface area contributed by atoms with Crippen LogP contribution in [0.15, 0.2) is 42.5 Å². The van der Waals surface area contributed by atoms with E-state index in [2.05, 4.69) is 5.32 Å². The smallest absolute Gasteiger partial charge is 0.405 e. The summed E-state index contributed by atoms with van der Waals surface area (Å²) in [5.74, 6) is 0.568. The lowest BCUT2D eigenvalue weighted by Crippen LogP contribution is -2.43. The summed E-state index contributed by atoms with van der Waals surface area (Å²) in [6.45, 7) is 4.21. The number of hydrogen-bond acceptors (Lipinski definition) is 2. The Kier molecular flexibility index (Phi) is 4.37. The first-order chi connectivity index (χ1) is 11.8. The fourth-order valence-electron chi connectivity index (χ4n) is 3.10. The highest BCUT2D eigenvalue weighted by Crippen LogP contribution is 2.44. The lowest BCUT2D eigenvalue weighted by molar-refractivity contribution is 0.0996. The Bertz CT molecular complexity index is 805. The molecule has 0 fully saturated rings. The lowest BCUT2D eigenvalue weighted by Gasteiger charge is -2.39. The molecule has 132 valence electrons. The molecule has 25 heavy (non-hydrogen) atoms. The molecule has 1 aliphatic heterocycles. The summed E-state index contributed by atoms with van der Waals surface area (Å²) < 4.78 is 31.6. The van der Waals surface area contributed by atoms with Crippen LogP contribution < -0.4 is 10.1 Å². The maximum Gasteiger partial charge on any atom is 0.405 e. The number of amides is 1. The molecule has 2 aromatic carbocycles. The molecule has 6 heteroatoms. The van der Waals surface area contributed by atoms with Gasteiger partial charge in [-0.3, -0.25) is 0 Å². The van der Waals surface area contributed by atoms with E-state index in [9.17, 15) is 13.6 Å². The molecule has 0 saturated heterocycles. The number of carbonyl (C=O) groups is 1. The predicted octanol–water partition coefficient (Wildman–Crippen LogP) is 5.02. The van der Waals surface area contributed by atoms with E-state index >= 15 is 0 Å². The van der Waals surface area contributed by atoms with Crippen molar-refractivity contribution in [2.45, 2.75) is 26.3 Å². The summed E-state index contributed by atoms with van der Waals surface area (Å²) in [6, 6.07) is 11.1. The summed E-state index contributed by atoms with van der Waals surface area (Å²) in [5, 5.41) is 11.7. The van der Waals surface area contributed by atoms with Crippen LogP contribution in [0.3, 0.4) is 0 Å².